The Balaban J connectivity index is 1.98. The SMILES string of the molecule is CCCS(=O)(=O)C1=CSNN1OC1CCCNC1. The molecule has 104 valence electrons. The van der Waals surface area contributed by atoms with Gasteiger partial charge in [0.2, 0.25) is 0 Å². The summed E-state index contributed by atoms with van der Waals surface area (Å²) in [5.74, 6) is 0.143. The van der Waals surface area contributed by atoms with E-state index in [1.807, 2.05) is 6.92 Å². The molecule has 0 aromatic rings. The molecule has 1 saturated heterocycles. The van der Waals surface area contributed by atoms with Gasteiger partial charge < -0.3 is 5.32 Å². The second-order valence-corrected chi connectivity index (χ2v) is 7.06. The molecule has 2 aliphatic heterocycles. The van der Waals surface area contributed by atoms with Gasteiger partial charge in [0.1, 0.15) is 0 Å². The van der Waals surface area contributed by atoms with Gasteiger partial charge in [-0.3, -0.25) is 4.84 Å². The maximum absolute atomic E-state index is 12.0. The lowest BCUT2D eigenvalue weighted by Crippen LogP contribution is -2.42. The molecule has 0 aromatic carbocycles. The molecule has 2 rings (SSSR count). The normalized spacial score (nSPS) is 25.3. The lowest BCUT2D eigenvalue weighted by atomic mass is 10.1. The summed E-state index contributed by atoms with van der Waals surface area (Å²) >= 11 is 1.22. The summed E-state index contributed by atoms with van der Waals surface area (Å²) in [4.78, 5) is 8.54. The minimum absolute atomic E-state index is 0.0187. The molecule has 0 aromatic heterocycles. The number of sulfone groups is 1. The second kappa shape index (κ2) is 6.25. The number of nitrogens with zero attached hydrogens (tertiary/aromatic N) is 1. The standard InChI is InChI=1S/C10H19N3O3S2/c1-2-6-18(14,15)10-8-17-12-13(10)16-9-4-3-5-11-7-9/h8-9,11-12H,2-7H2,1H3. The third-order valence-corrected chi connectivity index (χ3v) is 5.42. The van der Waals surface area contributed by atoms with Crippen molar-refractivity contribution in [1.82, 2.24) is 15.3 Å². The lowest BCUT2D eigenvalue weighted by Gasteiger charge is -2.28. The Labute approximate surface area is 112 Å². The van der Waals surface area contributed by atoms with E-state index in [9.17, 15) is 8.42 Å². The van der Waals surface area contributed by atoms with Crippen LogP contribution in [-0.2, 0) is 14.7 Å². The van der Waals surface area contributed by atoms with Crippen molar-refractivity contribution >= 4 is 21.8 Å². The van der Waals surface area contributed by atoms with Crippen molar-refractivity contribution in [2.24, 2.45) is 0 Å². The molecule has 0 amide bonds. The van der Waals surface area contributed by atoms with Gasteiger partial charge in [0.25, 0.3) is 0 Å². The molecular formula is C10H19N3O3S2. The molecule has 1 unspecified atom stereocenters. The summed E-state index contributed by atoms with van der Waals surface area (Å²) in [6.45, 7) is 3.60. The first kappa shape index (κ1) is 14.1. The number of hydrogen-bond acceptors (Lipinski definition) is 7. The van der Waals surface area contributed by atoms with Crippen LogP contribution in [0.1, 0.15) is 26.2 Å². The van der Waals surface area contributed by atoms with Crippen LogP contribution in [0.15, 0.2) is 10.4 Å². The Morgan fingerprint density at radius 2 is 2.44 bits per heavy atom. The monoisotopic (exact) mass is 293 g/mol. The maximum atomic E-state index is 12.0. The highest BCUT2D eigenvalue weighted by atomic mass is 32.2. The molecule has 8 heteroatoms. The molecule has 0 aliphatic carbocycles. The maximum Gasteiger partial charge on any atom is 0.197 e. The molecule has 2 N–H and O–H groups in total. The van der Waals surface area contributed by atoms with Gasteiger partial charge in [0.15, 0.2) is 14.9 Å². The summed E-state index contributed by atoms with van der Waals surface area (Å²) < 4.78 is 24.1. The second-order valence-electron chi connectivity index (χ2n) is 4.35. The fourth-order valence-electron chi connectivity index (χ4n) is 1.92. The van der Waals surface area contributed by atoms with E-state index in [0.717, 1.165) is 25.9 Å². The van der Waals surface area contributed by atoms with E-state index in [1.165, 1.54) is 17.1 Å². The minimum atomic E-state index is -3.25. The van der Waals surface area contributed by atoms with Crippen molar-refractivity contribution < 1.29 is 13.3 Å². The van der Waals surface area contributed by atoms with E-state index in [4.69, 9.17) is 4.84 Å². The molecular weight excluding hydrogens is 274 g/mol. The van der Waals surface area contributed by atoms with Crippen LogP contribution in [0.25, 0.3) is 0 Å². The Bertz CT molecular complexity index is 405. The zero-order valence-corrected chi connectivity index (χ0v) is 12.0. The third kappa shape index (κ3) is 3.39. The predicted molar refractivity (Wildman–Crippen MR) is 71.7 cm³/mol. The summed E-state index contributed by atoms with van der Waals surface area (Å²) in [5, 5.41) is 6.34. The van der Waals surface area contributed by atoms with Crippen molar-refractivity contribution in [3.8, 4) is 0 Å². The number of hydrazine groups is 1. The average molecular weight is 293 g/mol. The quantitative estimate of drug-likeness (QED) is 0.725. The zero-order valence-electron chi connectivity index (χ0n) is 10.4. The summed E-state index contributed by atoms with van der Waals surface area (Å²) in [5.41, 5.74) is 0. The molecule has 0 saturated carbocycles. The van der Waals surface area contributed by atoms with E-state index < -0.39 is 9.84 Å². The average Bonchev–Trinajstić information content (AvgIpc) is 2.79. The molecule has 0 spiro atoms. The molecule has 18 heavy (non-hydrogen) atoms. The Morgan fingerprint density at radius 1 is 1.61 bits per heavy atom. The molecule has 1 fully saturated rings. The smallest absolute Gasteiger partial charge is 0.197 e. The highest BCUT2D eigenvalue weighted by Crippen LogP contribution is 2.25. The molecule has 6 nitrogen and oxygen atoms in total. The van der Waals surface area contributed by atoms with E-state index in [-0.39, 0.29) is 16.9 Å². The fraction of sp³-hybridized carbons (Fsp3) is 0.800. The van der Waals surface area contributed by atoms with E-state index in [1.54, 1.807) is 5.41 Å². The number of hydrogen-bond donors (Lipinski definition) is 2. The summed E-state index contributed by atoms with van der Waals surface area (Å²) in [7, 11) is -3.25. The third-order valence-electron chi connectivity index (χ3n) is 2.79. The van der Waals surface area contributed by atoms with Crippen molar-refractivity contribution in [3.63, 3.8) is 0 Å². The van der Waals surface area contributed by atoms with Crippen LogP contribution in [0.2, 0.25) is 0 Å². The van der Waals surface area contributed by atoms with Gasteiger partial charge in [-0.15, -0.1) is 4.83 Å². The minimum Gasteiger partial charge on any atom is -0.314 e. The summed E-state index contributed by atoms with van der Waals surface area (Å²) in [6, 6.07) is 0. The van der Waals surface area contributed by atoms with Gasteiger partial charge in [0, 0.05) is 12.0 Å². The first-order chi connectivity index (χ1) is 8.63. The van der Waals surface area contributed by atoms with Crippen LogP contribution in [0.5, 0.6) is 0 Å². The topological polar surface area (TPSA) is 70.7 Å². The molecule has 2 aliphatic rings. The van der Waals surface area contributed by atoms with Gasteiger partial charge >= 0.3 is 0 Å². The van der Waals surface area contributed by atoms with Gasteiger partial charge in [-0.2, -0.15) is 5.17 Å². The summed E-state index contributed by atoms with van der Waals surface area (Å²) in [6.07, 6.45) is 2.61. The Kier molecular flexibility index (Phi) is 4.91. The number of hydroxylamine groups is 1. The molecule has 2 heterocycles. The van der Waals surface area contributed by atoms with Crippen LogP contribution in [-0.4, -0.2) is 38.5 Å². The largest absolute Gasteiger partial charge is 0.314 e. The van der Waals surface area contributed by atoms with Crippen molar-refractivity contribution in [1.29, 1.82) is 0 Å². The van der Waals surface area contributed by atoms with Gasteiger partial charge in [0.05, 0.1) is 11.9 Å². The first-order valence-electron chi connectivity index (χ1n) is 6.15. The van der Waals surface area contributed by atoms with Gasteiger partial charge in [-0.25, -0.2) is 8.42 Å². The van der Waals surface area contributed by atoms with Crippen LogP contribution in [0.3, 0.4) is 0 Å². The number of nitrogens with one attached hydrogen (secondary N) is 2. The van der Waals surface area contributed by atoms with Crippen LogP contribution < -0.4 is 10.1 Å². The van der Waals surface area contributed by atoms with Crippen molar-refractivity contribution in [2.75, 3.05) is 18.8 Å². The van der Waals surface area contributed by atoms with Crippen LogP contribution in [0, 0.1) is 0 Å². The Hall–Kier alpha value is -0.280. The van der Waals surface area contributed by atoms with Gasteiger partial charge in [-0.1, -0.05) is 6.92 Å². The zero-order chi connectivity index (χ0) is 13.0. The number of rotatable bonds is 5. The highest BCUT2D eigenvalue weighted by molar-refractivity contribution is 8.02. The van der Waals surface area contributed by atoms with E-state index >= 15 is 0 Å². The molecule has 1 atom stereocenters. The van der Waals surface area contributed by atoms with E-state index in [0.29, 0.717) is 6.42 Å². The van der Waals surface area contributed by atoms with Crippen LogP contribution >= 0.6 is 11.9 Å². The van der Waals surface area contributed by atoms with E-state index in [2.05, 4.69) is 10.1 Å². The van der Waals surface area contributed by atoms with Crippen molar-refractivity contribution in [2.45, 2.75) is 32.3 Å². The number of piperidine rings is 1. The van der Waals surface area contributed by atoms with Crippen LogP contribution in [0.4, 0.5) is 0 Å². The fourth-order valence-corrected chi connectivity index (χ4v) is 4.29. The van der Waals surface area contributed by atoms with Gasteiger partial charge in [-0.05, 0) is 37.8 Å². The highest BCUT2D eigenvalue weighted by Gasteiger charge is 2.30. The predicted octanol–water partition coefficient (Wildman–Crippen LogP) is 0.762. The molecule has 0 radical (unpaired) electrons. The van der Waals surface area contributed by atoms with Crippen molar-refractivity contribution in [3.05, 3.63) is 10.4 Å². The Morgan fingerprint density at radius 3 is 3.11 bits per heavy atom. The lowest BCUT2D eigenvalue weighted by molar-refractivity contribution is -0.184. The first-order valence-corrected chi connectivity index (χ1v) is 8.68. The molecule has 0 bridgehead atoms.